The van der Waals surface area contributed by atoms with Crippen LogP contribution in [0.25, 0.3) is 22.0 Å². The first-order valence-corrected chi connectivity index (χ1v) is 6.10. The van der Waals surface area contributed by atoms with Crippen LogP contribution in [0.15, 0.2) is 47.5 Å². The zero-order chi connectivity index (χ0) is 15.0. The van der Waals surface area contributed by atoms with E-state index in [1.165, 1.54) is 6.07 Å². The molecule has 3 N–H and O–H groups in total. The summed E-state index contributed by atoms with van der Waals surface area (Å²) in [7, 11) is 0. The number of hydrogen-bond acceptors (Lipinski definition) is 4. The van der Waals surface area contributed by atoms with Gasteiger partial charge in [-0.15, -0.1) is 0 Å². The first kappa shape index (κ1) is 12.9. The molecule has 0 spiro atoms. The molecule has 0 saturated heterocycles. The summed E-state index contributed by atoms with van der Waals surface area (Å²) in [5, 5.41) is 19.2. The van der Waals surface area contributed by atoms with Crippen LogP contribution in [-0.4, -0.2) is 26.2 Å². The second-order valence-corrected chi connectivity index (χ2v) is 4.51. The monoisotopic (exact) mass is 282 g/mol. The lowest BCUT2D eigenvalue weighted by atomic mass is 10.0. The number of rotatable bonds is 2. The van der Waals surface area contributed by atoms with Gasteiger partial charge in [-0.25, -0.2) is 4.79 Å². The lowest BCUT2D eigenvalue weighted by molar-refractivity contribution is 0.0691. The predicted octanol–water partition coefficient (Wildman–Crippen LogP) is 1.99. The Morgan fingerprint density at radius 2 is 2.00 bits per heavy atom. The van der Waals surface area contributed by atoms with E-state index in [-0.39, 0.29) is 22.3 Å². The molecule has 3 aromatic rings. The number of nitrogens with one attached hydrogen (secondary N) is 1. The van der Waals surface area contributed by atoms with Crippen molar-refractivity contribution in [3.8, 4) is 16.9 Å². The first-order valence-electron chi connectivity index (χ1n) is 6.10. The van der Waals surface area contributed by atoms with E-state index in [9.17, 15) is 14.7 Å². The zero-order valence-electron chi connectivity index (χ0n) is 10.7. The third kappa shape index (κ3) is 2.23. The Morgan fingerprint density at radius 3 is 2.67 bits per heavy atom. The molecule has 21 heavy (non-hydrogen) atoms. The SMILES string of the molecule is O=C(O)c1cc(=O)c2cc(-c3cccnc3)cc(O)c2[nH]1. The number of fused-ring (bicyclic) bond motifs is 1. The molecule has 0 aliphatic carbocycles. The molecule has 2 heterocycles. The highest BCUT2D eigenvalue weighted by Crippen LogP contribution is 2.29. The van der Waals surface area contributed by atoms with Crippen molar-refractivity contribution in [2.24, 2.45) is 0 Å². The maximum Gasteiger partial charge on any atom is 0.352 e. The molecule has 2 aromatic heterocycles. The Labute approximate surface area is 118 Å². The van der Waals surface area contributed by atoms with Gasteiger partial charge in [-0.2, -0.15) is 0 Å². The summed E-state index contributed by atoms with van der Waals surface area (Å²) < 4.78 is 0. The summed E-state index contributed by atoms with van der Waals surface area (Å²) in [6, 6.07) is 7.59. The van der Waals surface area contributed by atoms with Crippen LogP contribution in [0.3, 0.4) is 0 Å². The van der Waals surface area contributed by atoms with Crippen LogP contribution in [0.5, 0.6) is 5.75 Å². The Kier molecular flexibility index (Phi) is 2.91. The van der Waals surface area contributed by atoms with E-state index < -0.39 is 11.4 Å². The van der Waals surface area contributed by atoms with Crippen LogP contribution in [0.1, 0.15) is 10.5 Å². The van der Waals surface area contributed by atoms with E-state index in [1.807, 2.05) is 0 Å². The molecule has 3 rings (SSSR count). The van der Waals surface area contributed by atoms with Gasteiger partial charge < -0.3 is 15.2 Å². The molecular formula is C15H10N2O4. The molecule has 0 fully saturated rings. The van der Waals surface area contributed by atoms with Crippen molar-refractivity contribution in [1.82, 2.24) is 9.97 Å². The van der Waals surface area contributed by atoms with Gasteiger partial charge in [0, 0.05) is 29.4 Å². The molecular weight excluding hydrogens is 272 g/mol. The predicted molar refractivity (Wildman–Crippen MR) is 76.4 cm³/mol. The van der Waals surface area contributed by atoms with Crippen molar-refractivity contribution in [3.05, 3.63) is 58.6 Å². The van der Waals surface area contributed by atoms with Gasteiger partial charge in [0.25, 0.3) is 0 Å². The number of aromatic hydroxyl groups is 1. The standard InChI is InChI=1S/C15H10N2O4/c18-12-6-11(15(20)21)17-14-10(12)4-9(5-13(14)19)8-2-1-3-16-7-8/h1-7,19H,(H,17,18)(H,20,21). The maximum absolute atomic E-state index is 12.0. The zero-order valence-corrected chi connectivity index (χ0v) is 10.7. The van der Waals surface area contributed by atoms with E-state index in [0.29, 0.717) is 5.56 Å². The second kappa shape index (κ2) is 4.75. The van der Waals surface area contributed by atoms with Crippen LogP contribution in [0, 0.1) is 0 Å². The van der Waals surface area contributed by atoms with Crippen molar-refractivity contribution >= 4 is 16.9 Å². The Balaban J connectivity index is 2.31. The molecule has 0 radical (unpaired) electrons. The number of nitrogens with zero attached hydrogens (tertiary/aromatic N) is 1. The molecule has 0 atom stereocenters. The highest BCUT2D eigenvalue weighted by molar-refractivity contribution is 5.93. The molecule has 6 nitrogen and oxygen atoms in total. The van der Waals surface area contributed by atoms with Gasteiger partial charge in [-0.1, -0.05) is 6.07 Å². The van der Waals surface area contributed by atoms with Crippen LogP contribution < -0.4 is 5.43 Å². The second-order valence-electron chi connectivity index (χ2n) is 4.51. The topological polar surface area (TPSA) is 103 Å². The third-order valence-corrected chi connectivity index (χ3v) is 3.14. The van der Waals surface area contributed by atoms with Crippen LogP contribution >= 0.6 is 0 Å². The molecule has 0 aliphatic rings. The fraction of sp³-hybridized carbons (Fsp3) is 0. The summed E-state index contributed by atoms with van der Waals surface area (Å²) in [4.78, 5) is 29.5. The summed E-state index contributed by atoms with van der Waals surface area (Å²) in [6.45, 7) is 0. The highest BCUT2D eigenvalue weighted by Gasteiger charge is 2.12. The lowest BCUT2D eigenvalue weighted by Crippen LogP contribution is -2.09. The Morgan fingerprint density at radius 1 is 1.19 bits per heavy atom. The number of H-pyrrole nitrogens is 1. The van der Waals surface area contributed by atoms with Gasteiger partial charge in [-0.3, -0.25) is 9.78 Å². The number of phenols is 1. The lowest BCUT2D eigenvalue weighted by Gasteiger charge is -2.07. The number of aromatic amines is 1. The molecule has 0 unspecified atom stereocenters. The van der Waals surface area contributed by atoms with Crippen molar-refractivity contribution in [2.45, 2.75) is 0 Å². The van der Waals surface area contributed by atoms with E-state index in [2.05, 4.69) is 9.97 Å². The number of phenolic OH excluding ortho intramolecular Hbond substituents is 1. The minimum atomic E-state index is -1.26. The molecule has 104 valence electrons. The van der Waals surface area contributed by atoms with Gasteiger partial charge in [-0.05, 0) is 23.8 Å². The van der Waals surface area contributed by atoms with Gasteiger partial charge in [0.1, 0.15) is 11.4 Å². The maximum atomic E-state index is 12.0. The molecule has 6 heteroatoms. The first-order chi connectivity index (χ1) is 10.1. The van der Waals surface area contributed by atoms with E-state index in [4.69, 9.17) is 5.11 Å². The Hall–Kier alpha value is -3.15. The average Bonchev–Trinajstić information content (AvgIpc) is 2.48. The normalized spacial score (nSPS) is 10.7. The number of benzene rings is 1. The molecule has 0 saturated carbocycles. The molecule has 0 aliphatic heterocycles. The smallest absolute Gasteiger partial charge is 0.352 e. The fourth-order valence-corrected chi connectivity index (χ4v) is 2.15. The number of aromatic carboxylic acids is 1. The summed E-state index contributed by atoms with van der Waals surface area (Å²) in [5.74, 6) is -1.45. The average molecular weight is 282 g/mol. The van der Waals surface area contributed by atoms with Crippen LogP contribution in [0.2, 0.25) is 0 Å². The fourth-order valence-electron chi connectivity index (χ4n) is 2.15. The number of carboxylic acid groups (broad SMARTS) is 1. The number of carbonyl (C=O) groups is 1. The summed E-state index contributed by atoms with van der Waals surface area (Å²) in [6.07, 6.45) is 3.23. The number of aromatic nitrogens is 2. The van der Waals surface area contributed by atoms with Crippen molar-refractivity contribution in [3.63, 3.8) is 0 Å². The highest BCUT2D eigenvalue weighted by atomic mass is 16.4. The minimum absolute atomic E-state index is 0.104. The Bertz CT molecular complexity index is 901. The van der Waals surface area contributed by atoms with Gasteiger partial charge in [0.2, 0.25) is 0 Å². The number of pyridine rings is 2. The van der Waals surface area contributed by atoms with E-state index in [1.54, 1.807) is 30.6 Å². The minimum Gasteiger partial charge on any atom is -0.506 e. The molecule has 0 bridgehead atoms. The largest absolute Gasteiger partial charge is 0.506 e. The van der Waals surface area contributed by atoms with Crippen molar-refractivity contribution in [1.29, 1.82) is 0 Å². The summed E-state index contributed by atoms with van der Waals surface area (Å²) in [5.41, 5.74) is 0.741. The quantitative estimate of drug-likeness (QED) is 0.667. The van der Waals surface area contributed by atoms with Gasteiger partial charge in [0.15, 0.2) is 5.43 Å². The van der Waals surface area contributed by atoms with Crippen LogP contribution in [0.4, 0.5) is 0 Å². The number of hydrogen-bond donors (Lipinski definition) is 3. The molecule has 0 amide bonds. The van der Waals surface area contributed by atoms with Gasteiger partial charge >= 0.3 is 5.97 Å². The van der Waals surface area contributed by atoms with Crippen molar-refractivity contribution < 1.29 is 15.0 Å². The van der Waals surface area contributed by atoms with E-state index >= 15 is 0 Å². The third-order valence-electron chi connectivity index (χ3n) is 3.14. The van der Waals surface area contributed by atoms with Gasteiger partial charge in [0.05, 0.1) is 5.52 Å². The van der Waals surface area contributed by atoms with Crippen LogP contribution in [-0.2, 0) is 0 Å². The molecule has 1 aromatic carbocycles. The van der Waals surface area contributed by atoms with E-state index in [0.717, 1.165) is 11.6 Å². The summed E-state index contributed by atoms with van der Waals surface area (Å²) >= 11 is 0. The van der Waals surface area contributed by atoms with Crippen molar-refractivity contribution in [2.75, 3.05) is 0 Å². The number of carboxylic acids is 1.